The molecule has 24 heavy (non-hydrogen) atoms. The molecule has 2 rings (SSSR count). The van der Waals surface area contributed by atoms with E-state index in [0.717, 1.165) is 29.8 Å². The maximum atomic E-state index is 11.9. The van der Waals surface area contributed by atoms with Crippen LogP contribution >= 0.6 is 23.6 Å². The van der Waals surface area contributed by atoms with E-state index in [1.807, 2.05) is 6.92 Å². The Morgan fingerprint density at radius 1 is 1.50 bits per heavy atom. The molecule has 1 aromatic heterocycles. The van der Waals surface area contributed by atoms with E-state index in [0.29, 0.717) is 28.8 Å². The van der Waals surface area contributed by atoms with Crippen LogP contribution in [0.1, 0.15) is 47.3 Å². The van der Waals surface area contributed by atoms with Crippen LogP contribution in [0.25, 0.3) is 0 Å². The Kier molecular flexibility index (Phi) is 7.83. The highest BCUT2D eigenvalue weighted by molar-refractivity contribution is 7.80. The summed E-state index contributed by atoms with van der Waals surface area (Å²) in [6.45, 7) is 4.84. The number of hydrogen-bond acceptors (Lipinski definition) is 5. The summed E-state index contributed by atoms with van der Waals surface area (Å²) in [5.41, 5.74) is 1.02. The van der Waals surface area contributed by atoms with Gasteiger partial charge in [-0.25, -0.2) is 4.79 Å². The first-order chi connectivity index (χ1) is 10.9. The second-order valence-corrected chi connectivity index (χ2v) is 7.29. The van der Waals surface area contributed by atoms with Gasteiger partial charge in [0.1, 0.15) is 10.8 Å². The second-order valence-electron chi connectivity index (χ2n) is 5.71. The molecule has 0 amide bonds. The van der Waals surface area contributed by atoms with Gasteiger partial charge in [0.2, 0.25) is 0 Å². The van der Waals surface area contributed by atoms with Gasteiger partial charge < -0.3 is 15.2 Å². The number of ether oxygens (including phenoxy) is 1. The van der Waals surface area contributed by atoms with Crippen molar-refractivity contribution < 1.29 is 19.4 Å². The van der Waals surface area contributed by atoms with Gasteiger partial charge in [-0.15, -0.1) is 11.3 Å². The molecular formula is C17H25NO4S2. The lowest BCUT2D eigenvalue weighted by Gasteiger charge is -2.29. The Balaban J connectivity index is 0.00000288. The first kappa shape index (κ1) is 20.6. The molecular weight excluding hydrogens is 346 g/mol. The first-order valence-corrected chi connectivity index (χ1v) is 8.91. The number of thiophene rings is 1. The molecule has 7 heteroatoms. The quantitative estimate of drug-likeness (QED) is 0.589. The third-order valence-corrected chi connectivity index (χ3v) is 5.75. The van der Waals surface area contributed by atoms with Crippen molar-refractivity contribution in [3.05, 3.63) is 21.4 Å². The maximum absolute atomic E-state index is 11.9. The number of piperidine rings is 1. The maximum Gasteiger partial charge on any atom is 0.345 e. The number of rotatable bonds is 6. The Morgan fingerprint density at radius 3 is 2.79 bits per heavy atom. The summed E-state index contributed by atoms with van der Waals surface area (Å²) in [4.78, 5) is 25.0. The van der Waals surface area contributed by atoms with Crippen molar-refractivity contribution in [2.24, 2.45) is 11.8 Å². The van der Waals surface area contributed by atoms with Gasteiger partial charge in [0.05, 0.1) is 11.6 Å². The van der Waals surface area contributed by atoms with Crippen LogP contribution in [-0.4, -0.2) is 35.2 Å². The minimum absolute atomic E-state index is 0. The van der Waals surface area contributed by atoms with Gasteiger partial charge in [0.15, 0.2) is 0 Å². The molecule has 1 aromatic rings. The summed E-state index contributed by atoms with van der Waals surface area (Å²) in [6.07, 6.45) is 2.41. The number of aromatic carboxylic acids is 1. The van der Waals surface area contributed by atoms with Gasteiger partial charge in [-0.3, -0.25) is 4.79 Å². The Morgan fingerprint density at radius 2 is 2.21 bits per heavy atom. The largest absolute Gasteiger partial charge is 0.477 e. The summed E-state index contributed by atoms with van der Waals surface area (Å²) in [5, 5.41) is 12.2. The Labute approximate surface area is 152 Å². The van der Waals surface area contributed by atoms with Crippen molar-refractivity contribution in [2.75, 3.05) is 13.2 Å². The molecule has 134 valence electrons. The van der Waals surface area contributed by atoms with Crippen LogP contribution in [0.3, 0.4) is 0 Å². The monoisotopic (exact) mass is 371 g/mol. The standard InChI is InChI=1S/C16H21NO4S2.CH4/c1-3-21-16(20)11-7-10(8-17-14(11)22)4-5-12-9(2)6-13(23-12)15(18)19;/h6,10-11H,3-5,7-8H2,1-2H3,(H,17,22)(H,18,19);1H4. The minimum atomic E-state index is -0.878. The van der Waals surface area contributed by atoms with Crippen molar-refractivity contribution >= 4 is 40.5 Å². The second kappa shape index (κ2) is 9.13. The van der Waals surface area contributed by atoms with Crippen molar-refractivity contribution in [1.82, 2.24) is 5.32 Å². The van der Waals surface area contributed by atoms with E-state index in [2.05, 4.69) is 5.32 Å². The van der Waals surface area contributed by atoms with Crippen molar-refractivity contribution in [1.29, 1.82) is 0 Å². The zero-order chi connectivity index (χ0) is 17.0. The highest BCUT2D eigenvalue weighted by atomic mass is 32.1. The minimum Gasteiger partial charge on any atom is -0.477 e. The molecule has 2 N–H and O–H groups in total. The number of carbonyl (C=O) groups excluding carboxylic acids is 1. The van der Waals surface area contributed by atoms with Gasteiger partial charge in [0.25, 0.3) is 0 Å². The molecule has 1 aliphatic heterocycles. The fourth-order valence-corrected chi connectivity index (χ4v) is 4.07. The number of carboxylic acids is 1. The molecule has 0 saturated carbocycles. The van der Waals surface area contributed by atoms with Crippen LogP contribution < -0.4 is 5.32 Å². The molecule has 1 fully saturated rings. The molecule has 0 aliphatic carbocycles. The molecule has 2 atom stereocenters. The molecule has 0 aromatic carbocycles. The van der Waals surface area contributed by atoms with E-state index < -0.39 is 5.97 Å². The summed E-state index contributed by atoms with van der Waals surface area (Å²) in [5.74, 6) is -1.17. The van der Waals surface area contributed by atoms with Crippen LogP contribution in [-0.2, 0) is 16.0 Å². The van der Waals surface area contributed by atoms with Gasteiger partial charge >= 0.3 is 11.9 Å². The van der Waals surface area contributed by atoms with Crippen LogP contribution in [0.5, 0.6) is 0 Å². The highest BCUT2D eigenvalue weighted by Crippen LogP contribution is 2.28. The lowest BCUT2D eigenvalue weighted by Crippen LogP contribution is -2.44. The first-order valence-electron chi connectivity index (χ1n) is 7.69. The predicted octanol–water partition coefficient (Wildman–Crippen LogP) is 3.44. The smallest absolute Gasteiger partial charge is 0.345 e. The summed E-state index contributed by atoms with van der Waals surface area (Å²) >= 11 is 6.56. The summed E-state index contributed by atoms with van der Waals surface area (Å²) in [7, 11) is 0. The van der Waals surface area contributed by atoms with Crippen LogP contribution in [0, 0.1) is 18.8 Å². The number of carboxylic acid groups (broad SMARTS) is 1. The molecule has 1 aliphatic rings. The fraction of sp³-hybridized carbons (Fsp3) is 0.588. The van der Waals surface area contributed by atoms with E-state index in [1.165, 1.54) is 11.3 Å². The van der Waals surface area contributed by atoms with Crippen molar-refractivity contribution in [3.8, 4) is 0 Å². The van der Waals surface area contributed by atoms with Crippen molar-refractivity contribution in [2.45, 2.75) is 40.5 Å². The molecule has 0 radical (unpaired) electrons. The number of carbonyl (C=O) groups is 2. The van der Waals surface area contributed by atoms with E-state index in [9.17, 15) is 9.59 Å². The van der Waals surface area contributed by atoms with Crippen LogP contribution in [0.4, 0.5) is 0 Å². The zero-order valence-electron chi connectivity index (χ0n) is 13.3. The zero-order valence-corrected chi connectivity index (χ0v) is 14.9. The average Bonchev–Trinajstić information content (AvgIpc) is 2.88. The van der Waals surface area contributed by atoms with Gasteiger partial charge in [-0.05, 0) is 50.7 Å². The number of hydrogen-bond donors (Lipinski definition) is 2. The lowest BCUT2D eigenvalue weighted by molar-refractivity contribution is -0.146. The highest BCUT2D eigenvalue weighted by Gasteiger charge is 2.32. The lowest BCUT2D eigenvalue weighted by atomic mass is 9.87. The van der Waals surface area contributed by atoms with Crippen molar-refractivity contribution in [3.63, 3.8) is 0 Å². The fourth-order valence-electron chi connectivity index (χ4n) is 2.77. The van der Waals surface area contributed by atoms with Gasteiger partial charge in [0, 0.05) is 11.4 Å². The normalized spacial score (nSPS) is 20.0. The summed E-state index contributed by atoms with van der Waals surface area (Å²) in [6, 6.07) is 1.72. The number of aryl methyl sites for hydroxylation is 2. The molecule has 1 saturated heterocycles. The molecule has 2 unspecified atom stereocenters. The van der Waals surface area contributed by atoms with Gasteiger partial charge in [-0.2, -0.15) is 0 Å². The number of esters is 1. The topological polar surface area (TPSA) is 75.6 Å². The van der Waals surface area contributed by atoms with E-state index >= 15 is 0 Å². The Hall–Kier alpha value is -1.47. The van der Waals surface area contributed by atoms with E-state index in [1.54, 1.807) is 13.0 Å². The average molecular weight is 372 g/mol. The van der Waals surface area contributed by atoms with E-state index in [-0.39, 0.29) is 19.3 Å². The molecule has 2 heterocycles. The van der Waals surface area contributed by atoms with Gasteiger partial charge in [-0.1, -0.05) is 19.6 Å². The molecule has 0 bridgehead atoms. The molecule has 0 spiro atoms. The van der Waals surface area contributed by atoms with Crippen LogP contribution in [0.2, 0.25) is 0 Å². The van der Waals surface area contributed by atoms with E-state index in [4.69, 9.17) is 22.1 Å². The predicted molar refractivity (Wildman–Crippen MR) is 99.9 cm³/mol. The third-order valence-electron chi connectivity index (χ3n) is 4.03. The SMILES string of the molecule is C.CCOC(=O)C1CC(CCc2sc(C(=O)O)cc2C)CNC1=S. The van der Waals surface area contributed by atoms with Crippen LogP contribution in [0.15, 0.2) is 6.07 Å². The summed E-state index contributed by atoms with van der Waals surface area (Å²) < 4.78 is 5.08. The number of thiocarbonyl (C=S) groups is 1. The third kappa shape index (κ3) is 5.01. The molecule has 5 nitrogen and oxygen atoms in total. The Bertz CT molecular complexity index is 612. The number of nitrogens with one attached hydrogen (secondary N) is 1.